The van der Waals surface area contributed by atoms with Crippen molar-refractivity contribution in [2.45, 2.75) is 12.5 Å². The minimum atomic E-state index is -0.441. The number of amides is 1. The van der Waals surface area contributed by atoms with Crippen LogP contribution in [0.4, 0.5) is 5.69 Å². The van der Waals surface area contributed by atoms with Crippen molar-refractivity contribution >= 4 is 45.1 Å². The predicted molar refractivity (Wildman–Crippen MR) is 113 cm³/mol. The van der Waals surface area contributed by atoms with Crippen LogP contribution in [0.5, 0.6) is 0 Å². The Balaban J connectivity index is 1.46. The first-order valence-corrected chi connectivity index (χ1v) is 9.51. The fourth-order valence-corrected chi connectivity index (χ4v) is 3.27. The number of para-hydroxylation sites is 1. The van der Waals surface area contributed by atoms with Crippen molar-refractivity contribution < 1.29 is 9.21 Å². The Morgan fingerprint density at radius 2 is 2.00 bits per heavy atom. The lowest BCUT2D eigenvalue weighted by molar-refractivity contribution is 0.102. The quantitative estimate of drug-likeness (QED) is 0.379. The topological polar surface area (TPSA) is 96.9 Å². The van der Waals surface area contributed by atoms with Gasteiger partial charge < -0.3 is 20.5 Å². The lowest BCUT2D eigenvalue weighted by Gasteiger charge is -2.06. The molecule has 1 amide bonds. The lowest BCUT2D eigenvalue weighted by atomic mass is 10.1. The second kappa shape index (κ2) is 7.53. The molecule has 0 saturated heterocycles. The Kier molecular flexibility index (Phi) is 4.95. The van der Waals surface area contributed by atoms with Gasteiger partial charge in [-0.1, -0.05) is 18.2 Å². The van der Waals surface area contributed by atoms with Gasteiger partial charge in [-0.15, -0.1) is 0 Å². The fraction of sp³-hybridized carbons (Fsp3) is 0.100. The summed E-state index contributed by atoms with van der Waals surface area (Å²) in [6.45, 7) is 0. The number of nitrogens with two attached hydrogens (primary N) is 1. The number of benzene rings is 2. The highest BCUT2D eigenvalue weighted by atomic mass is 127. The van der Waals surface area contributed by atoms with Crippen LogP contribution < -0.4 is 11.1 Å². The number of hydrogen-bond acceptors (Lipinski definition) is 4. The van der Waals surface area contributed by atoms with Gasteiger partial charge in [0.25, 0.3) is 5.91 Å². The van der Waals surface area contributed by atoms with E-state index in [1.807, 2.05) is 54.7 Å². The highest BCUT2D eigenvalue weighted by molar-refractivity contribution is 14.1. The molecule has 2 aromatic heterocycles. The number of carbonyl (C=O) groups excluding carboxylic acids is 1. The van der Waals surface area contributed by atoms with E-state index in [0.717, 1.165) is 20.0 Å². The van der Waals surface area contributed by atoms with E-state index in [2.05, 4.69) is 37.9 Å². The summed E-state index contributed by atoms with van der Waals surface area (Å²) in [5, 5.41) is 3.92. The standard InChI is InChI=1S/C20H17IN4O2/c21-13-5-7-14(8-6-13)24-19(26)18-11-27-20(25-18)16(22)9-12-10-23-17-4-2-1-3-15(12)17/h1-8,10-11,16,23H,9,22H2,(H,24,26). The van der Waals surface area contributed by atoms with Gasteiger partial charge >= 0.3 is 0 Å². The Bertz CT molecular complexity index is 1080. The van der Waals surface area contributed by atoms with Crippen molar-refractivity contribution in [1.29, 1.82) is 0 Å². The van der Waals surface area contributed by atoms with Gasteiger partial charge in [0.15, 0.2) is 5.69 Å². The van der Waals surface area contributed by atoms with E-state index in [4.69, 9.17) is 10.2 Å². The molecule has 2 aromatic carbocycles. The van der Waals surface area contributed by atoms with Crippen LogP contribution in [0.2, 0.25) is 0 Å². The molecule has 6 nitrogen and oxygen atoms in total. The number of H-pyrrole nitrogens is 1. The molecular formula is C20H17IN4O2. The molecule has 0 bridgehead atoms. The maximum absolute atomic E-state index is 12.3. The number of aromatic amines is 1. The molecule has 0 saturated carbocycles. The largest absolute Gasteiger partial charge is 0.446 e. The van der Waals surface area contributed by atoms with E-state index >= 15 is 0 Å². The second-order valence-electron chi connectivity index (χ2n) is 6.20. The summed E-state index contributed by atoms with van der Waals surface area (Å²) < 4.78 is 6.55. The van der Waals surface area contributed by atoms with Crippen LogP contribution in [-0.4, -0.2) is 15.9 Å². The zero-order valence-electron chi connectivity index (χ0n) is 14.3. The molecule has 27 heavy (non-hydrogen) atoms. The summed E-state index contributed by atoms with van der Waals surface area (Å²) in [7, 11) is 0. The highest BCUT2D eigenvalue weighted by Crippen LogP contribution is 2.23. The molecule has 0 aliphatic carbocycles. The summed E-state index contributed by atoms with van der Waals surface area (Å²) in [6, 6.07) is 15.1. The van der Waals surface area contributed by atoms with E-state index in [1.165, 1.54) is 6.26 Å². The maximum atomic E-state index is 12.3. The van der Waals surface area contributed by atoms with E-state index in [1.54, 1.807) is 0 Å². The number of nitrogens with one attached hydrogen (secondary N) is 2. The molecule has 4 N–H and O–H groups in total. The monoisotopic (exact) mass is 472 g/mol. The summed E-state index contributed by atoms with van der Waals surface area (Å²) in [5.74, 6) is 0.0125. The van der Waals surface area contributed by atoms with Crippen molar-refractivity contribution in [2.24, 2.45) is 5.73 Å². The van der Waals surface area contributed by atoms with Crippen LogP contribution in [0.1, 0.15) is 28.0 Å². The SMILES string of the molecule is NC(Cc1c[nH]c2ccccc12)c1nc(C(=O)Nc2ccc(I)cc2)co1. The Morgan fingerprint density at radius 3 is 2.81 bits per heavy atom. The van der Waals surface area contributed by atoms with Gasteiger partial charge in [-0.25, -0.2) is 4.98 Å². The number of rotatable bonds is 5. The smallest absolute Gasteiger partial charge is 0.277 e. The van der Waals surface area contributed by atoms with Gasteiger partial charge in [0, 0.05) is 26.4 Å². The van der Waals surface area contributed by atoms with E-state index < -0.39 is 6.04 Å². The molecular weight excluding hydrogens is 455 g/mol. The first kappa shape index (κ1) is 17.7. The van der Waals surface area contributed by atoms with E-state index in [-0.39, 0.29) is 11.6 Å². The van der Waals surface area contributed by atoms with Gasteiger partial charge in [-0.3, -0.25) is 4.79 Å². The number of fused-ring (bicyclic) bond motifs is 1. The maximum Gasteiger partial charge on any atom is 0.277 e. The highest BCUT2D eigenvalue weighted by Gasteiger charge is 2.19. The normalized spacial score (nSPS) is 12.2. The number of halogens is 1. The third-order valence-electron chi connectivity index (χ3n) is 4.29. The predicted octanol–water partition coefficient (Wildman–Crippen LogP) is 4.26. The Hall–Kier alpha value is -2.65. The number of oxazole rings is 1. The first-order valence-electron chi connectivity index (χ1n) is 8.43. The summed E-state index contributed by atoms with van der Waals surface area (Å²) in [6.07, 6.45) is 3.84. The lowest BCUT2D eigenvalue weighted by Crippen LogP contribution is -2.16. The average Bonchev–Trinajstić information content (AvgIpc) is 3.32. The number of anilines is 1. The second-order valence-corrected chi connectivity index (χ2v) is 7.45. The molecule has 7 heteroatoms. The fourth-order valence-electron chi connectivity index (χ4n) is 2.92. The molecule has 0 spiro atoms. The van der Waals surface area contributed by atoms with E-state index in [0.29, 0.717) is 18.0 Å². The molecule has 1 atom stereocenters. The van der Waals surface area contributed by atoms with Crippen molar-refractivity contribution in [2.75, 3.05) is 5.32 Å². The van der Waals surface area contributed by atoms with E-state index in [9.17, 15) is 4.79 Å². The molecule has 4 rings (SSSR count). The molecule has 2 heterocycles. The third-order valence-corrected chi connectivity index (χ3v) is 5.01. The van der Waals surface area contributed by atoms with Gasteiger partial charge in [-0.2, -0.15) is 0 Å². The molecule has 0 aliphatic heterocycles. The average molecular weight is 472 g/mol. The number of aromatic nitrogens is 2. The zero-order valence-corrected chi connectivity index (χ0v) is 16.4. The number of nitrogens with zero attached hydrogens (tertiary/aromatic N) is 1. The summed E-state index contributed by atoms with van der Waals surface area (Å²) in [4.78, 5) is 19.8. The van der Waals surface area contributed by atoms with Crippen molar-refractivity contribution in [3.63, 3.8) is 0 Å². The van der Waals surface area contributed by atoms with Crippen LogP contribution in [0, 0.1) is 3.57 Å². The number of hydrogen-bond donors (Lipinski definition) is 3. The van der Waals surface area contributed by atoms with Gasteiger partial charge in [0.2, 0.25) is 5.89 Å². The van der Waals surface area contributed by atoms with Crippen LogP contribution in [0.15, 0.2) is 65.4 Å². The minimum Gasteiger partial charge on any atom is -0.446 e. The van der Waals surface area contributed by atoms with Crippen molar-refractivity contribution in [3.05, 3.63) is 81.7 Å². The Labute approximate surface area is 169 Å². The van der Waals surface area contributed by atoms with Crippen LogP contribution in [-0.2, 0) is 6.42 Å². The summed E-state index contributed by atoms with van der Waals surface area (Å²) in [5.41, 5.74) is 9.31. The van der Waals surface area contributed by atoms with Crippen molar-refractivity contribution in [1.82, 2.24) is 9.97 Å². The third kappa shape index (κ3) is 3.88. The van der Waals surface area contributed by atoms with Gasteiger partial charge in [-0.05, 0) is 64.9 Å². The molecule has 1 unspecified atom stereocenters. The minimum absolute atomic E-state index is 0.206. The van der Waals surface area contributed by atoms with Crippen LogP contribution in [0.25, 0.3) is 10.9 Å². The van der Waals surface area contributed by atoms with Gasteiger partial charge in [0.1, 0.15) is 6.26 Å². The molecule has 136 valence electrons. The number of carbonyl (C=O) groups is 1. The van der Waals surface area contributed by atoms with Crippen LogP contribution in [0.3, 0.4) is 0 Å². The molecule has 0 radical (unpaired) electrons. The Morgan fingerprint density at radius 1 is 1.22 bits per heavy atom. The van der Waals surface area contributed by atoms with Gasteiger partial charge in [0.05, 0.1) is 6.04 Å². The molecule has 0 fully saturated rings. The van der Waals surface area contributed by atoms with Crippen LogP contribution >= 0.6 is 22.6 Å². The summed E-state index contributed by atoms with van der Waals surface area (Å²) >= 11 is 2.21. The zero-order chi connectivity index (χ0) is 18.8. The van der Waals surface area contributed by atoms with Crippen molar-refractivity contribution in [3.8, 4) is 0 Å². The first-order chi connectivity index (χ1) is 13.1. The molecule has 4 aromatic rings. The molecule has 0 aliphatic rings.